The van der Waals surface area contributed by atoms with Gasteiger partial charge in [0.2, 0.25) is 0 Å². The third-order valence-corrected chi connectivity index (χ3v) is 4.19. The Morgan fingerprint density at radius 3 is 2.55 bits per heavy atom. The van der Waals surface area contributed by atoms with Crippen LogP contribution in [-0.2, 0) is 12.8 Å². The van der Waals surface area contributed by atoms with Crippen molar-refractivity contribution in [2.45, 2.75) is 32.7 Å². The third kappa shape index (κ3) is 3.93. The maximum Gasteiger partial charge on any atom is 0.0628 e. The first kappa shape index (κ1) is 15.3. The van der Waals surface area contributed by atoms with Gasteiger partial charge in [0.15, 0.2) is 0 Å². The van der Waals surface area contributed by atoms with Crippen LogP contribution in [0.4, 0.5) is 0 Å². The van der Waals surface area contributed by atoms with Gasteiger partial charge < -0.3 is 5.11 Å². The molecule has 0 spiro atoms. The standard InChI is InChI=1S/C16H21BrN2O/c1-12(2)19-8-7-15(18-19)10-13(11-20)9-14-5-3-4-6-16(14)17/h3-8,12-13,20H,9-11H2,1-2H3. The maximum atomic E-state index is 9.61. The fraction of sp³-hybridized carbons (Fsp3) is 0.438. The van der Waals surface area contributed by atoms with E-state index in [9.17, 15) is 5.11 Å². The summed E-state index contributed by atoms with van der Waals surface area (Å²) in [5.41, 5.74) is 2.28. The van der Waals surface area contributed by atoms with Crippen LogP contribution in [0.3, 0.4) is 0 Å². The van der Waals surface area contributed by atoms with Crippen molar-refractivity contribution in [1.82, 2.24) is 9.78 Å². The van der Waals surface area contributed by atoms with Gasteiger partial charge in [-0.15, -0.1) is 0 Å². The van der Waals surface area contributed by atoms with Crippen molar-refractivity contribution in [1.29, 1.82) is 0 Å². The molecule has 20 heavy (non-hydrogen) atoms. The highest BCUT2D eigenvalue weighted by Gasteiger charge is 2.13. The molecule has 0 amide bonds. The zero-order chi connectivity index (χ0) is 14.5. The molecule has 1 aromatic carbocycles. The zero-order valence-corrected chi connectivity index (χ0v) is 13.5. The summed E-state index contributed by atoms with van der Waals surface area (Å²) in [6.45, 7) is 4.40. The first-order valence-corrected chi connectivity index (χ1v) is 7.77. The van der Waals surface area contributed by atoms with Crippen LogP contribution in [-0.4, -0.2) is 21.5 Å². The minimum atomic E-state index is 0.176. The number of aliphatic hydroxyl groups excluding tert-OH is 1. The summed E-state index contributed by atoms with van der Waals surface area (Å²) >= 11 is 3.56. The normalized spacial score (nSPS) is 12.8. The molecule has 0 fully saturated rings. The van der Waals surface area contributed by atoms with Crippen molar-refractivity contribution in [3.05, 3.63) is 52.3 Å². The summed E-state index contributed by atoms with van der Waals surface area (Å²) in [5, 5.41) is 14.2. The lowest BCUT2D eigenvalue weighted by molar-refractivity contribution is 0.223. The summed E-state index contributed by atoms with van der Waals surface area (Å²) in [6.07, 6.45) is 3.66. The summed E-state index contributed by atoms with van der Waals surface area (Å²) in [7, 11) is 0. The monoisotopic (exact) mass is 336 g/mol. The quantitative estimate of drug-likeness (QED) is 0.874. The van der Waals surface area contributed by atoms with E-state index in [4.69, 9.17) is 0 Å². The smallest absolute Gasteiger partial charge is 0.0628 e. The third-order valence-electron chi connectivity index (χ3n) is 3.42. The molecule has 4 heteroatoms. The van der Waals surface area contributed by atoms with Crippen molar-refractivity contribution in [2.75, 3.05) is 6.61 Å². The number of nitrogens with zero attached hydrogens (tertiary/aromatic N) is 2. The van der Waals surface area contributed by atoms with Gasteiger partial charge in [-0.25, -0.2) is 0 Å². The Balaban J connectivity index is 2.03. The number of hydrogen-bond acceptors (Lipinski definition) is 2. The zero-order valence-electron chi connectivity index (χ0n) is 12.0. The second-order valence-electron chi connectivity index (χ2n) is 5.43. The summed E-state index contributed by atoms with van der Waals surface area (Å²) < 4.78 is 3.06. The second kappa shape index (κ2) is 7.04. The lowest BCUT2D eigenvalue weighted by Gasteiger charge is -2.14. The van der Waals surface area contributed by atoms with E-state index in [-0.39, 0.29) is 12.5 Å². The molecule has 2 aromatic rings. The molecule has 0 aliphatic carbocycles. The summed E-state index contributed by atoms with van der Waals surface area (Å²) in [4.78, 5) is 0. The molecule has 1 heterocycles. The van der Waals surface area contributed by atoms with Crippen molar-refractivity contribution in [3.63, 3.8) is 0 Å². The van der Waals surface area contributed by atoms with Crippen LogP contribution in [0.2, 0.25) is 0 Å². The highest BCUT2D eigenvalue weighted by Crippen LogP contribution is 2.21. The summed E-state index contributed by atoms with van der Waals surface area (Å²) in [6, 6.07) is 10.6. The average molecular weight is 337 g/mol. The van der Waals surface area contributed by atoms with Gasteiger partial charge in [-0.05, 0) is 50.3 Å². The van der Waals surface area contributed by atoms with Gasteiger partial charge in [-0.2, -0.15) is 5.10 Å². The van der Waals surface area contributed by atoms with Gasteiger partial charge in [-0.3, -0.25) is 4.68 Å². The van der Waals surface area contributed by atoms with E-state index < -0.39 is 0 Å². The van der Waals surface area contributed by atoms with Crippen LogP contribution >= 0.6 is 15.9 Å². The van der Waals surface area contributed by atoms with Gasteiger partial charge in [0.1, 0.15) is 0 Å². The molecule has 1 N–H and O–H groups in total. The van der Waals surface area contributed by atoms with E-state index in [1.165, 1.54) is 5.56 Å². The minimum absolute atomic E-state index is 0.176. The molecule has 108 valence electrons. The molecule has 3 nitrogen and oxygen atoms in total. The van der Waals surface area contributed by atoms with Crippen molar-refractivity contribution in [3.8, 4) is 0 Å². The Kier molecular flexibility index (Phi) is 5.38. The lowest BCUT2D eigenvalue weighted by atomic mass is 9.95. The number of hydrogen-bond donors (Lipinski definition) is 1. The summed E-state index contributed by atoms with van der Waals surface area (Å²) in [5.74, 6) is 0.198. The van der Waals surface area contributed by atoms with Gasteiger partial charge in [-0.1, -0.05) is 34.1 Å². The van der Waals surface area contributed by atoms with E-state index in [1.807, 2.05) is 35.1 Å². The Morgan fingerprint density at radius 1 is 1.20 bits per heavy atom. The molecule has 1 atom stereocenters. The highest BCUT2D eigenvalue weighted by molar-refractivity contribution is 9.10. The molecular weight excluding hydrogens is 316 g/mol. The number of aromatic nitrogens is 2. The molecule has 0 radical (unpaired) electrons. The molecule has 1 aromatic heterocycles. The molecule has 0 bridgehead atoms. The van der Waals surface area contributed by atoms with Crippen molar-refractivity contribution in [2.24, 2.45) is 5.92 Å². The van der Waals surface area contributed by atoms with Gasteiger partial charge in [0.25, 0.3) is 0 Å². The molecule has 0 aliphatic rings. The fourth-order valence-corrected chi connectivity index (χ4v) is 2.69. The van der Waals surface area contributed by atoms with Crippen LogP contribution in [0.1, 0.15) is 31.1 Å². The molecule has 0 saturated carbocycles. The van der Waals surface area contributed by atoms with Crippen LogP contribution in [0, 0.1) is 5.92 Å². The fourth-order valence-electron chi connectivity index (χ4n) is 2.25. The predicted molar refractivity (Wildman–Crippen MR) is 84.7 cm³/mol. The predicted octanol–water partition coefficient (Wildman–Crippen LogP) is 3.62. The number of halogens is 1. The van der Waals surface area contributed by atoms with Crippen molar-refractivity contribution >= 4 is 15.9 Å². The molecule has 2 rings (SSSR count). The Hall–Kier alpha value is -1.13. The Labute approximate surface area is 128 Å². The van der Waals surface area contributed by atoms with Crippen LogP contribution in [0.5, 0.6) is 0 Å². The first-order valence-electron chi connectivity index (χ1n) is 6.98. The van der Waals surface area contributed by atoms with Crippen LogP contribution in [0.15, 0.2) is 41.0 Å². The van der Waals surface area contributed by atoms with E-state index in [0.29, 0.717) is 6.04 Å². The maximum absolute atomic E-state index is 9.61. The van der Waals surface area contributed by atoms with E-state index >= 15 is 0 Å². The van der Waals surface area contributed by atoms with Gasteiger partial charge in [0.05, 0.1) is 5.69 Å². The first-order chi connectivity index (χ1) is 9.60. The molecule has 1 unspecified atom stereocenters. The number of aliphatic hydroxyl groups is 1. The lowest BCUT2D eigenvalue weighted by Crippen LogP contribution is -2.14. The van der Waals surface area contributed by atoms with Crippen molar-refractivity contribution < 1.29 is 5.11 Å². The highest BCUT2D eigenvalue weighted by atomic mass is 79.9. The van der Waals surface area contributed by atoms with E-state index in [0.717, 1.165) is 23.0 Å². The Bertz CT molecular complexity index is 551. The topological polar surface area (TPSA) is 38.0 Å². The molecule has 0 saturated heterocycles. The number of rotatable bonds is 6. The average Bonchev–Trinajstić information content (AvgIpc) is 2.89. The SMILES string of the molecule is CC(C)n1ccc(CC(CO)Cc2ccccc2Br)n1. The van der Waals surface area contributed by atoms with Crippen LogP contribution in [0.25, 0.3) is 0 Å². The Morgan fingerprint density at radius 2 is 1.95 bits per heavy atom. The van der Waals surface area contributed by atoms with E-state index in [1.54, 1.807) is 0 Å². The largest absolute Gasteiger partial charge is 0.396 e. The van der Waals surface area contributed by atoms with Gasteiger partial charge >= 0.3 is 0 Å². The van der Waals surface area contributed by atoms with E-state index in [2.05, 4.69) is 40.9 Å². The van der Waals surface area contributed by atoms with Gasteiger partial charge in [0, 0.05) is 23.3 Å². The minimum Gasteiger partial charge on any atom is -0.396 e. The number of benzene rings is 1. The molecule has 0 aliphatic heterocycles. The van der Waals surface area contributed by atoms with Crippen LogP contribution < -0.4 is 0 Å². The second-order valence-corrected chi connectivity index (χ2v) is 6.28. The molecular formula is C16H21BrN2O.